The summed E-state index contributed by atoms with van der Waals surface area (Å²) in [6, 6.07) is 0. The van der Waals surface area contributed by atoms with E-state index in [-0.39, 0.29) is 0 Å². The summed E-state index contributed by atoms with van der Waals surface area (Å²) >= 11 is 3.42. The Morgan fingerprint density at radius 1 is 1.15 bits per heavy atom. The predicted molar refractivity (Wildman–Crippen MR) is 91.7 cm³/mol. The molecule has 0 spiro atoms. The van der Waals surface area contributed by atoms with Gasteiger partial charge >= 0.3 is 5.97 Å². The van der Waals surface area contributed by atoms with Crippen LogP contribution in [0.5, 0.6) is 0 Å². The van der Waals surface area contributed by atoms with Gasteiger partial charge in [0.1, 0.15) is 0 Å². The summed E-state index contributed by atoms with van der Waals surface area (Å²) in [5, 5.41) is 9.65. The fourth-order valence-electron chi connectivity index (χ4n) is 1.50. The van der Waals surface area contributed by atoms with E-state index in [2.05, 4.69) is 22.9 Å². The van der Waals surface area contributed by atoms with Crippen molar-refractivity contribution >= 4 is 21.9 Å². The molecule has 120 valence electrons. The van der Waals surface area contributed by atoms with E-state index in [1.165, 1.54) is 43.9 Å². The zero-order valence-corrected chi connectivity index (χ0v) is 15.2. The zero-order valence-electron chi connectivity index (χ0n) is 13.6. The number of carboxylic acids is 1. The molecular weight excluding hydrogens is 318 g/mol. The Bertz CT molecular complexity index is 247. The van der Waals surface area contributed by atoms with Gasteiger partial charge in [0.05, 0.1) is 0 Å². The predicted octanol–water partition coefficient (Wildman–Crippen LogP) is 4.71. The van der Waals surface area contributed by atoms with Gasteiger partial charge in [-0.2, -0.15) is 0 Å². The highest BCUT2D eigenvalue weighted by Gasteiger charge is 1.97. The molecule has 0 fully saturated rings. The molecule has 0 bridgehead atoms. The van der Waals surface area contributed by atoms with E-state index >= 15 is 0 Å². The lowest BCUT2D eigenvalue weighted by Gasteiger charge is -2.05. The first-order valence-corrected chi connectivity index (χ1v) is 8.68. The van der Waals surface area contributed by atoms with Crippen molar-refractivity contribution in [1.82, 2.24) is 4.90 Å². The Balaban J connectivity index is 0. The van der Waals surface area contributed by atoms with Crippen molar-refractivity contribution in [2.24, 2.45) is 0 Å². The van der Waals surface area contributed by atoms with Crippen molar-refractivity contribution in [3.05, 3.63) is 11.6 Å². The highest BCUT2D eigenvalue weighted by Crippen LogP contribution is 2.05. The van der Waals surface area contributed by atoms with Crippen LogP contribution in [0.3, 0.4) is 0 Å². The average molecular weight is 350 g/mol. The summed E-state index contributed by atoms with van der Waals surface area (Å²) < 4.78 is 0. The van der Waals surface area contributed by atoms with Gasteiger partial charge in [-0.3, -0.25) is 0 Å². The molecule has 0 radical (unpaired) electrons. The summed E-state index contributed by atoms with van der Waals surface area (Å²) in [7, 11) is 3.92. The van der Waals surface area contributed by atoms with Gasteiger partial charge in [0.25, 0.3) is 0 Å². The first kappa shape index (κ1) is 21.9. The molecule has 1 N–H and O–H groups in total. The van der Waals surface area contributed by atoms with Crippen molar-refractivity contribution in [1.29, 1.82) is 0 Å². The quantitative estimate of drug-likeness (QED) is 0.352. The van der Waals surface area contributed by atoms with Gasteiger partial charge < -0.3 is 10.0 Å². The summed E-state index contributed by atoms with van der Waals surface area (Å²) in [5.41, 5.74) is 0.423. The smallest absolute Gasteiger partial charge is 0.330 e. The molecule has 0 heterocycles. The molecule has 0 aromatic rings. The Labute approximate surface area is 133 Å². The lowest BCUT2D eigenvalue weighted by molar-refractivity contribution is -0.132. The molecule has 0 saturated carbocycles. The molecule has 0 amide bonds. The van der Waals surface area contributed by atoms with Gasteiger partial charge in [0.2, 0.25) is 0 Å². The van der Waals surface area contributed by atoms with Crippen LogP contribution < -0.4 is 0 Å². The molecule has 0 unspecified atom stereocenters. The van der Waals surface area contributed by atoms with E-state index in [0.29, 0.717) is 5.57 Å². The number of carboxylic acid groups (broad SMARTS) is 1. The SMILES string of the molecule is CC(=CCCN(C)C)C(=O)O.CCCCCCCCBr. The highest BCUT2D eigenvalue weighted by molar-refractivity contribution is 9.09. The molecule has 0 aromatic carbocycles. The van der Waals surface area contributed by atoms with Gasteiger partial charge in [-0.1, -0.05) is 61.0 Å². The Morgan fingerprint density at radius 3 is 2.15 bits per heavy atom. The lowest BCUT2D eigenvalue weighted by atomic mass is 10.1. The van der Waals surface area contributed by atoms with Crippen molar-refractivity contribution in [2.75, 3.05) is 26.0 Å². The van der Waals surface area contributed by atoms with Crippen LogP contribution in [-0.2, 0) is 4.79 Å². The molecule has 0 aliphatic carbocycles. The van der Waals surface area contributed by atoms with Crippen LogP contribution in [0.1, 0.15) is 58.8 Å². The fraction of sp³-hybridized carbons (Fsp3) is 0.812. The minimum atomic E-state index is -0.830. The molecule has 3 nitrogen and oxygen atoms in total. The number of hydrogen-bond donors (Lipinski definition) is 1. The average Bonchev–Trinajstić information content (AvgIpc) is 2.38. The van der Waals surface area contributed by atoms with Gasteiger partial charge in [-0.25, -0.2) is 4.79 Å². The monoisotopic (exact) mass is 349 g/mol. The second-order valence-corrected chi connectivity index (χ2v) is 6.03. The van der Waals surface area contributed by atoms with Crippen LogP contribution >= 0.6 is 15.9 Å². The van der Waals surface area contributed by atoms with E-state index in [9.17, 15) is 4.79 Å². The number of nitrogens with zero attached hydrogens (tertiary/aromatic N) is 1. The number of rotatable bonds is 10. The number of carbonyl (C=O) groups is 1. The Hall–Kier alpha value is -0.350. The van der Waals surface area contributed by atoms with Crippen molar-refractivity contribution in [2.45, 2.75) is 58.8 Å². The third kappa shape index (κ3) is 20.0. The van der Waals surface area contributed by atoms with Crippen LogP contribution in [0.15, 0.2) is 11.6 Å². The molecule has 0 saturated heterocycles. The van der Waals surface area contributed by atoms with Crippen LogP contribution in [0.4, 0.5) is 0 Å². The number of hydrogen-bond acceptors (Lipinski definition) is 2. The maximum atomic E-state index is 10.3. The molecule has 0 aliphatic rings. The highest BCUT2D eigenvalue weighted by atomic mass is 79.9. The summed E-state index contributed by atoms with van der Waals surface area (Å²) in [5.74, 6) is -0.830. The summed E-state index contributed by atoms with van der Waals surface area (Å²) in [6.07, 6.45) is 10.9. The second-order valence-electron chi connectivity index (χ2n) is 5.24. The number of halogens is 1. The van der Waals surface area contributed by atoms with E-state index in [1.54, 1.807) is 13.0 Å². The third-order valence-corrected chi connectivity index (χ3v) is 3.41. The standard InChI is InChI=1S/C8H17Br.C8H15NO2/c1-2-3-4-5-6-7-8-9;1-7(8(10)11)5-4-6-9(2)3/h2-8H2,1H3;5H,4,6H2,1-3H3,(H,10,11). The van der Waals surface area contributed by atoms with Crippen molar-refractivity contribution in [3.8, 4) is 0 Å². The Morgan fingerprint density at radius 2 is 1.70 bits per heavy atom. The van der Waals surface area contributed by atoms with Crippen LogP contribution in [0.2, 0.25) is 0 Å². The third-order valence-electron chi connectivity index (χ3n) is 2.85. The van der Waals surface area contributed by atoms with Crippen LogP contribution in [0.25, 0.3) is 0 Å². The lowest BCUT2D eigenvalue weighted by Crippen LogP contribution is -2.12. The van der Waals surface area contributed by atoms with E-state index < -0.39 is 5.97 Å². The van der Waals surface area contributed by atoms with Crippen LogP contribution in [0, 0.1) is 0 Å². The maximum Gasteiger partial charge on any atom is 0.330 e. The number of alkyl halides is 1. The number of aliphatic carboxylic acids is 1. The van der Waals surface area contributed by atoms with Gasteiger partial charge in [0, 0.05) is 17.4 Å². The molecule has 4 heteroatoms. The van der Waals surface area contributed by atoms with E-state index in [1.807, 2.05) is 19.0 Å². The number of unbranched alkanes of at least 4 members (excludes halogenated alkanes) is 5. The minimum Gasteiger partial charge on any atom is -0.478 e. The largest absolute Gasteiger partial charge is 0.478 e. The molecular formula is C16H32BrNO2. The summed E-state index contributed by atoms with van der Waals surface area (Å²) in [4.78, 5) is 12.3. The van der Waals surface area contributed by atoms with E-state index in [0.717, 1.165) is 13.0 Å². The van der Waals surface area contributed by atoms with Crippen LogP contribution in [-0.4, -0.2) is 41.9 Å². The summed E-state index contributed by atoms with van der Waals surface area (Å²) in [6.45, 7) is 4.76. The fourth-order valence-corrected chi connectivity index (χ4v) is 1.90. The first-order valence-electron chi connectivity index (χ1n) is 7.56. The second kappa shape index (κ2) is 16.7. The van der Waals surface area contributed by atoms with E-state index in [4.69, 9.17) is 5.11 Å². The van der Waals surface area contributed by atoms with Crippen molar-refractivity contribution in [3.63, 3.8) is 0 Å². The molecule has 20 heavy (non-hydrogen) atoms. The maximum absolute atomic E-state index is 10.3. The van der Waals surface area contributed by atoms with Crippen molar-refractivity contribution < 1.29 is 9.90 Å². The molecule has 0 atom stereocenters. The normalized spacial score (nSPS) is 11.2. The molecule has 0 rings (SSSR count). The minimum absolute atomic E-state index is 0.423. The zero-order chi connectivity index (χ0) is 15.8. The Kier molecular flexibility index (Phi) is 18.3. The molecule has 0 aromatic heterocycles. The topological polar surface area (TPSA) is 40.5 Å². The first-order chi connectivity index (χ1) is 9.45. The van der Waals surface area contributed by atoms with Gasteiger partial charge in [-0.05, 0) is 33.9 Å². The van der Waals surface area contributed by atoms with Gasteiger partial charge in [-0.15, -0.1) is 0 Å². The van der Waals surface area contributed by atoms with Gasteiger partial charge in [0.15, 0.2) is 0 Å². The molecule has 0 aliphatic heterocycles.